The van der Waals surface area contributed by atoms with Crippen LogP contribution < -0.4 is 0 Å². The van der Waals surface area contributed by atoms with Crippen molar-refractivity contribution in [2.75, 3.05) is 0 Å². The molecule has 1 unspecified atom stereocenters. The zero-order chi connectivity index (χ0) is 42.0. The Hall–Kier alpha value is -9.24. The first kappa shape index (κ1) is 37.3. The van der Waals surface area contributed by atoms with E-state index in [1.165, 1.54) is 0 Å². The minimum Gasteiger partial charge on any atom is -0.309 e. The van der Waals surface area contributed by atoms with Crippen molar-refractivity contribution in [2.24, 2.45) is 0 Å². The van der Waals surface area contributed by atoms with Gasteiger partial charge in [-0.05, 0) is 107 Å². The summed E-state index contributed by atoms with van der Waals surface area (Å²) in [5.74, 6) is -0.0818. The first-order chi connectivity index (χ1) is 30.0. The van der Waals surface area contributed by atoms with E-state index >= 15 is 0 Å². The summed E-state index contributed by atoms with van der Waals surface area (Å²) in [6.45, 7) is 0. The predicted molar refractivity (Wildman–Crippen MR) is 236 cm³/mol. The molecule has 7 aromatic carbocycles. The minimum absolute atomic E-state index is 0.0818. The summed E-state index contributed by atoms with van der Waals surface area (Å²) in [5.41, 5.74) is 13.1. The van der Waals surface area contributed by atoms with Crippen molar-refractivity contribution in [1.29, 1.82) is 31.6 Å². The Morgan fingerprint density at radius 2 is 0.967 bits per heavy atom. The van der Waals surface area contributed by atoms with Gasteiger partial charge in [0.1, 0.15) is 0 Å². The topological polar surface area (TPSA) is 148 Å². The molecule has 0 aliphatic heterocycles. The van der Waals surface area contributed by atoms with Crippen LogP contribution in [0.4, 0.5) is 0 Å². The van der Waals surface area contributed by atoms with Gasteiger partial charge in [0.15, 0.2) is 0 Å². The molecule has 1 aliphatic rings. The van der Waals surface area contributed by atoms with Crippen molar-refractivity contribution in [3.05, 3.63) is 202 Å². The second kappa shape index (κ2) is 15.6. The fourth-order valence-electron chi connectivity index (χ4n) is 8.61. The van der Waals surface area contributed by atoms with Crippen LogP contribution in [0.1, 0.15) is 56.8 Å². The maximum atomic E-state index is 10.2. The minimum atomic E-state index is -0.0818. The summed E-state index contributed by atoms with van der Waals surface area (Å²) < 4.78 is 2.22. The van der Waals surface area contributed by atoms with Crippen molar-refractivity contribution >= 4 is 27.4 Å². The second-order valence-electron chi connectivity index (χ2n) is 14.7. The summed E-state index contributed by atoms with van der Waals surface area (Å²) in [7, 11) is 0. The van der Waals surface area contributed by atoms with Crippen LogP contribution in [0.15, 0.2) is 158 Å². The third kappa shape index (κ3) is 6.45. The molecule has 7 nitrogen and oxygen atoms in total. The third-order valence-electron chi connectivity index (χ3n) is 11.4. The van der Waals surface area contributed by atoms with E-state index in [0.717, 1.165) is 72.0 Å². The fourth-order valence-corrected chi connectivity index (χ4v) is 8.61. The lowest BCUT2D eigenvalue weighted by Gasteiger charge is -2.23. The van der Waals surface area contributed by atoms with Crippen LogP contribution >= 0.6 is 0 Å². The number of hydrogen-bond donors (Lipinski definition) is 0. The average molecular weight is 776 g/mol. The lowest BCUT2D eigenvalue weighted by atomic mass is 9.80. The van der Waals surface area contributed by atoms with E-state index in [2.05, 4.69) is 89.5 Å². The van der Waals surface area contributed by atoms with Gasteiger partial charge in [-0.15, -0.1) is 0 Å². The number of aromatic nitrogens is 1. The number of para-hydroxylation sites is 1. The normalized spacial score (nSPS) is 13.0. The number of allylic oxidation sites excluding steroid dienone is 4. The van der Waals surface area contributed by atoms with E-state index in [1.54, 1.807) is 36.4 Å². The SMILES string of the molecule is N#Cc1ccc(C2=CC=CCC2c2ccc3c(c2)c2cc(-c4ccccc4-c4ccc(C#N)cc4C#N)ccc2n3-c2ccccc2-c2ccc(C#N)cc2C#N)c(C#N)c1. The van der Waals surface area contributed by atoms with E-state index in [0.29, 0.717) is 45.4 Å². The van der Waals surface area contributed by atoms with Gasteiger partial charge in [-0.25, -0.2) is 0 Å². The molecule has 1 aromatic heterocycles. The zero-order valence-corrected chi connectivity index (χ0v) is 32.4. The third-order valence-corrected chi connectivity index (χ3v) is 11.4. The van der Waals surface area contributed by atoms with E-state index in [9.17, 15) is 31.6 Å². The molecule has 280 valence electrons. The fraction of sp³-hybridized carbons (Fsp3) is 0.0370. The molecule has 0 saturated carbocycles. The lowest BCUT2D eigenvalue weighted by molar-refractivity contribution is 0.875. The molecule has 7 heteroatoms. The first-order valence-corrected chi connectivity index (χ1v) is 19.5. The van der Waals surface area contributed by atoms with Crippen LogP contribution in [0.25, 0.3) is 66.4 Å². The molecule has 0 N–H and O–H groups in total. The Kier molecular flexibility index (Phi) is 9.55. The van der Waals surface area contributed by atoms with Crippen LogP contribution in [0.3, 0.4) is 0 Å². The van der Waals surface area contributed by atoms with Crippen LogP contribution in [0.5, 0.6) is 0 Å². The Morgan fingerprint density at radius 1 is 0.443 bits per heavy atom. The van der Waals surface area contributed by atoms with Crippen LogP contribution in [-0.4, -0.2) is 4.57 Å². The van der Waals surface area contributed by atoms with Gasteiger partial charge in [0.25, 0.3) is 0 Å². The van der Waals surface area contributed by atoms with Gasteiger partial charge in [-0.1, -0.05) is 91.0 Å². The highest BCUT2D eigenvalue weighted by Crippen LogP contribution is 2.44. The molecule has 8 aromatic rings. The number of hydrogen-bond acceptors (Lipinski definition) is 6. The Labute approximate surface area is 352 Å². The number of rotatable bonds is 6. The van der Waals surface area contributed by atoms with Gasteiger partial charge in [0.2, 0.25) is 0 Å². The molecule has 0 saturated heterocycles. The van der Waals surface area contributed by atoms with E-state index in [4.69, 9.17) is 0 Å². The van der Waals surface area contributed by atoms with Crippen molar-refractivity contribution < 1.29 is 0 Å². The summed E-state index contributed by atoms with van der Waals surface area (Å²) in [4.78, 5) is 0. The van der Waals surface area contributed by atoms with Gasteiger partial charge in [0.05, 0.1) is 86.5 Å². The molecular weight excluding hydrogens is 747 g/mol. The molecule has 0 amide bonds. The van der Waals surface area contributed by atoms with Crippen LogP contribution in [0, 0.1) is 68.0 Å². The van der Waals surface area contributed by atoms with Gasteiger partial charge in [-0.2, -0.15) is 31.6 Å². The monoisotopic (exact) mass is 775 g/mol. The molecule has 0 spiro atoms. The standard InChI is InChI=1S/C54H29N7/c55-28-34-13-18-44(39(23-34)31-58)47-9-3-1-7-42(47)37-16-21-53-50(26-37)51-27-38(43-8-2-4-10-48(43)45-19-14-35(29-56)24-40(45)32-59)17-22-54(51)61(53)52-12-6-5-11-49(52)46-20-15-36(30-57)25-41(46)33-60/h1-7,9-27,43H,8H2. The predicted octanol–water partition coefficient (Wildman–Crippen LogP) is 12.1. The van der Waals surface area contributed by atoms with E-state index < -0.39 is 0 Å². The van der Waals surface area contributed by atoms with Crippen molar-refractivity contribution in [2.45, 2.75) is 12.3 Å². The molecule has 1 atom stereocenters. The summed E-state index contributed by atoms with van der Waals surface area (Å²) in [6, 6.07) is 57.8. The summed E-state index contributed by atoms with van der Waals surface area (Å²) in [5, 5.41) is 61.2. The van der Waals surface area contributed by atoms with Gasteiger partial charge in [0, 0.05) is 33.4 Å². The highest BCUT2D eigenvalue weighted by Gasteiger charge is 2.25. The van der Waals surface area contributed by atoms with Crippen molar-refractivity contribution in [3.63, 3.8) is 0 Å². The molecule has 0 fully saturated rings. The van der Waals surface area contributed by atoms with E-state index in [1.807, 2.05) is 72.8 Å². The average Bonchev–Trinajstić information content (AvgIpc) is 3.66. The molecule has 1 heterocycles. The molecule has 1 aliphatic carbocycles. The van der Waals surface area contributed by atoms with Gasteiger partial charge >= 0.3 is 0 Å². The Morgan fingerprint density at radius 3 is 1.59 bits per heavy atom. The smallest absolute Gasteiger partial charge is 0.0998 e. The highest BCUT2D eigenvalue weighted by atomic mass is 15.0. The maximum absolute atomic E-state index is 10.2. The largest absolute Gasteiger partial charge is 0.309 e. The quantitative estimate of drug-likeness (QED) is 0.164. The number of nitrogens with zero attached hydrogens (tertiary/aromatic N) is 7. The van der Waals surface area contributed by atoms with Crippen molar-refractivity contribution in [3.8, 4) is 75.5 Å². The maximum Gasteiger partial charge on any atom is 0.0998 e. The number of fused-ring (bicyclic) bond motifs is 3. The first-order valence-electron chi connectivity index (χ1n) is 19.5. The molecule has 9 rings (SSSR count). The van der Waals surface area contributed by atoms with Crippen LogP contribution in [0.2, 0.25) is 0 Å². The van der Waals surface area contributed by atoms with Gasteiger partial charge in [-0.3, -0.25) is 0 Å². The van der Waals surface area contributed by atoms with Crippen LogP contribution in [-0.2, 0) is 0 Å². The van der Waals surface area contributed by atoms with Crippen molar-refractivity contribution in [1.82, 2.24) is 4.57 Å². The molecule has 0 bridgehead atoms. The molecular formula is C54H29N7. The summed E-state index contributed by atoms with van der Waals surface area (Å²) in [6.07, 6.45) is 6.91. The second-order valence-corrected chi connectivity index (χ2v) is 14.7. The molecule has 0 radical (unpaired) electrons. The Bertz CT molecular complexity index is 3480. The highest BCUT2D eigenvalue weighted by molar-refractivity contribution is 6.12. The Balaban J connectivity index is 1.29. The number of nitriles is 6. The summed E-state index contributed by atoms with van der Waals surface area (Å²) >= 11 is 0. The van der Waals surface area contributed by atoms with E-state index in [-0.39, 0.29) is 5.92 Å². The zero-order valence-electron chi connectivity index (χ0n) is 32.4. The number of benzene rings is 7. The lowest BCUT2D eigenvalue weighted by Crippen LogP contribution is -2.06. The van der Waals surface area contributed by atoms with Gasteiger partial charge < -0.3 is 4.57 Å². The molecule has 61 heavy (non-hydrogen) atoms.